The lowest BCUT2D eigenvalue weighted by Gasteiger charge is -2.35. The molecule has 1 aromatic heterocycles. The fourth-order valence-corrected chi connectivity index (χ4v) is 4.42. The van der Waals surface area contributed by atoms with Crippen LogP contribution in [0.2, 0.25) is 0 Å². The highest BCUT2D eigenvalue weighted by Crippen LogP contribution is 2.27. The number of hydrogen-bond donors (Lipinski definition) is 1. The van der Waals surface area contributed by atoms with Crippen LogP contribution in [0.25, 0.3) is 11.0 Å². The van der Waals surface area contributed by atoms with Crippen LogP contribution < -0.4 is 14.5 Å². The maximum absolute atomic E-state index is 5.92. The van der Waals surface area contributed by atoms with Crippen LogP contribution in [0, 0.1) is 0 Å². The Kier molecular flexibility index (Phi) is 4.66. The number of rotatable bonds is 5. The van der Waals surface area contributed by atoms with Gasteiger partial charge in [0.1, 0.15) is 18.4 Å². The van der Waals surface area contributed by atoms with Crippen molar-refractivity contribution in [1.29, 1.82) is 0 Å². The number of fused-ring (bicyclic) bond motifs is 3. The molecule has 3 heterocycles. The van der Waals surface area contributed by atoms with Crippen LogP contribution in [-0.2, 0) is 18.0 Å². The summed E-state index contributed by atoms with van der Waals surface area (Å²) in [7, 11) is 1.70. The molecule has 0 bridgehead atoms. The van der Waals surface area contributed by atoms with Crippen molar-refractivity contribution in [3.05, 3.63) is 54.1 Å². The number of hydrogen-bond acceptors (Lipinski definition) is 4. The highest BCUT2D eigenvalue weighted by atomic mass is 16.5. The first kappa shape index (κ1) is 17.5. The third-order valence-electron chi connectivity index (χ3n) is 5.77. The summed E-state index contributed by atoms with van der Waals surface area (Å²) in [5, 5.41) is 0. The Balaban J connectivity index is 1.50. The smallest absolute Gasteiger partial charge is 0.215 e. The van der Waals surface area contributed by atoms with Crippen LogP contribution in [0.3, 0.4) is 0 Å². The van der Waals surface area contributed by atoms with Gasteiger partial charge in [0.15, 0.2) is 13.3 Å². The van der Waals surface area contributed by atoms with Crippen LogP contribution >= 0.6 is 0 Å². The topological polar surface area (TPSA) is 44.0 Å². The first-order chi connectivity index (χ1) is 13.8. The number of methoxy groups -OCH3 is 1. The molecule has 6 nitrogen and oxygen atoms in total. The van der Waals surface area contributed by atoms with Gasteiger partial charge in [-0.25, -0.2) is 4.98 Å². The van der Waals surface area contributed by atoms with Gasteiger partial charge in [0.05, 0.1) is 24.7 Å². The highest BCUT2D eigenvalue weighted by molar-refractivity contribution is 5.80. The van der Waals surface area contributed by atoms with Crippen LogP contribution in [0.1, 0.15) is 18.4 Å². The zero-order valence-electron chi connectivity index (χ0n) is 16.3. The minimum absolute atomic E-state index is 0.380. The first-order valence-electron chi connectivity index (χ1n) is 10.1. The van der Waals surface area contributed by atoms with E-state index >= 15 is 0 Å². The van der Waals surface area contributed by atoms with Crippen molar-refractivity contribution in [3.63, 3.8) is 0 Å². The first-order valence-corrected chi connectivity index (χ1v) is 10.1. The summed E-state index contributed by atoms with van der Waals surface area (Å²) >= 11 is 0. The van der Waals surface area contributed by atoms with Crippen LogP contribution in [0.4, 0.5) is 5.95 Å². The van der Waals surface area contributed by atoms with Gasteiger partial charge < -0.3 is 9.47 Å². The fourth-order valence-electron chi connectivity index (χ4n) is 4.42. The predicted molar refractivity (Wildman–Crippen MR) is 109 cm³/mol. The highest BCUT2D eigenvalue weighted by Gasteiger charge is 2.31. The van der Waals surface area contributed by atoms with Gasteiger partial charge >= 0.3 is 0 Å². The van der Waals surface area contributed by atoms with Crippen molar-refractivity contribution < 1.29 is 14.4 Å². The quantitative estimate of drug-likeness (QED) is 0.737. The van der Waals surface area contributed by atoms with E-state index in [9.17, 15) is 0 Å². The van der Waals surface area contributed by atoms with E-state index in [1.165, 1.54) is 28.8 Å². The van der Waals surface area contributed by atoms with E-state index in [1.807, 2.05) is 12.1 Å². The number of imidazole rings is 1. The van der Waals surface area contributed by atoms with Crippen LogP contribution in [0.15, 0.2) is 48.5 Å². The zero-order chi connectivity index (χ0) is 18.9. The van der Waals surface area contributed by atoms with E-state index < -0.39 is 0 Å². The maximum atomic E-state index is 5.92. The van der Waals surface area contributed by atoms with Crippen molar-refractivity contribution >= 4 is 17.0 Å². The largest absolute Gasteiger partial charge is 0.497 e. The molecule has 0 saturated carbocycles. The number of benzene rings is 2. The van der Waals surface area contributed by atoms with Crippen molar-refractivity contribution in [1.82, 2.24) is 9.55 Å². The van der Waals surface area contributed by atoms with Crippen molar-refractivity contribution in [3.8, 4) is 5.75 Å². The van der Waals surface area contributed by atoms with E-state index in [0.717, 1.165) is 50.2 Å². The lowest BCUT2D eigenvalue weighted by atomic mass is 10.2. The van der Waals surface area contributed by atoms with Gasteiger partial charge in [-0.15, -0.1) is 0 Å². The minimum Gasteiger partial charge on any atom is -0.497 e. The molecule has 2 aliphatic rings. The molecule has 6 heteroatoms. The van der Waals surface area contributed by atoms with E-state index in [0.29, 0.717) is 6.10 Å². The molecule has 28 heavy (non-hydrogen) atoms. The van der Waals surface area contributed by atoms with Crippen molar-refractivity contribution in [2.24, 2.45) is 0 Å². The lowest BCUT2D eigenvalue weighted by Crippen LogP contribution is -3.15. The van der Waals surface area contributed by atoms with E-state index in [2.05, 4.69) is 45.9 Å². The molecule has 2 atom stereocenters. The summed E-state index contributed by atoms with van der Waals surface area (Å²) in [6, 6.07) is 16.8. The standard InChI is InChI=1S/C22H26N4O2/c1-27-18-9-10-21-20(12-18)23-22-25(13-17-6-3-2-4-7-17)15-24(16-26(21)22)14-19-8-5-11-28-19/h2-4,6-7,9-10,12,19H,5,8,11,13-16H2,1H3/p+1/t19-/m1/s1. The summed E-state index contributed by atoms with van der Waals surface area (Å²) < 4.78 is 13.7. The van der Waals surface area contributed by atoms with Gasteiger partial charge in [0.2, 0.25) is 5.95 Å². The predicted octanol–water partition coefficient (Wildman–Crippen LogP) is 2.04. The summed E-state index contributed by atoms with van der Waals surface area (Å²) in [6.45, 7) is 4.67. The number of anilines is 1. The van der Waals surface area contributed by atoms with Crippen molar-refractivity contribution in [2.75, 3.05) is 31.8 Å². The summed E-state index contributed by atoms with van der Waals surface area (Å²) in [5.41, 5.74) is 3.46. The van der Waals surface area contributed by atoms with Gasteiger partial charge in [-0.2, -0.15) is 0 Å². The molecule has 1 fully saturated rings. The van der Waals surface area contributed by atoms with Gasteiger partial charge in [-0.1, -0.05) is 30.3 Å². The van der Waals surface area contributed by atoms with Gasteiger partial charge in [0.25, 0.3) is 0 Å². The summed E-state index contributed by atoms with van der Waals surface area (Å²) in [5.74, 6) is 1.89. The summed E-state index contributed by atoms with van der Waals surface area (Å²) in [6.07, 6.45) is 2.74. The number of nitrogens with zero attached hydrogens (tertiary/aromatic N) is 3. The second-order valence-electron chi connectivity index (χ2n) is 7.78. The van der Waals surface area contributed by atoms with Gasteiger partial charge in [-0.05, 0) is 30.5 Å². The van der Waals surface area contributed by atoms with Gasteiger partial charge in [0, 0.05) is 12.7 Å². The van der Waals surface area contributed by atoms with E-state index in [1.54, 1.807) is 7.11 Å². The number of ether oxygens (including phenoxy) is 2. The molecule has 1 N–H and O–H groups in total. The molecule has 2 aliphatic heterocycles. The molecule has 3 aromatic rings. The molecule has 146 valence electrons. The molecule has 1 saturated heterocycles. The second-order valence-corrected chi connectivity index (χ2v) is 7.78. The molecule has 5 rings (SSSR count). The molecule has 0 amide bonds. The number of aromatic nitrogens is 2. The molecule has 1 unspecified atom stereocenters. The third-order valence-corrected chi connectivity index (χ3v) is 5.77. The molecule has 0 spiro atoms. The van der Waals surface area contributed by atoms with Crippen molar-refractivity contribution in [2.45, 2.75) is 32.2 Å². The molecule has 0 radical (unpaired) electrons. The second kappa shape index (κ2) is 7.45. The average molecular weight is 379 g/mol. The minimum atomic E-state index is 0.380. The maximum Gasteiger partial charge on any atom is 0.215 e. The number of nitrogens with one attached hydrogen (secondary N) is 1. The summed E-state index contributed by atoms with van der Waals surface area (Å²) in [4.78, 5) is 8.89. The monoisotopic (exact) mass is 379 g/mol. The Labute approximate surface area is 165 Å². The van der Waals surface area contributed by atoms with E-state index in [4.69, 9.17) is 14.5 Å². The molecule has 2 aromatic carbocycles. The lowest BCUT2D eigenvalue weighted by molar-refractivity contribution is -0.927. The Morgan fingerprint density at radius 1 is 1.18 bits per heavy atom. The van der Waals surface area contributed by atoms with Gasteiger partial charge in [-0.3, -0.25) is 14.4 Å². The zero-order valence-corrected chi connectivity index (χ0v) is 16.3. The fraction of sp³-hybridized carbons (Fsp3) is 0.409. The molecular weight excluding hydrogens is 352 g/mol. The van der Waals surface area contributed by atoms with Crippen LogP contribution in [0.5, 0.6) is 5.75 Å². The Bertz CT molecular complexity index is 950. The Hall–Kier alpha value is -2.57. The average Bonchev–Trinajstić information content (AvgIpc) is 3.36. The third kappa shape index (κ3) is 3.34. The Morgan fingerprint density at radius 3 is 2.86 bits per heavy atom. The Morgan fingerprint density at radius 2 is 2.07 bits per heavy atom. The van der Waals surface area contributed by atoms with Crippen LogP contribution in [-0.4, -0.2) is 42.6 Å². The molecule has 0 aliphatic carbocycles. The molecular formula is C22H27N4O2+. The SMILES string of the molecule is COc1ccc2c(c1)nc1n2C[NH+](C[C@H]2CCCO2)CN1Cc1ccccc1. The van der Waals surface area contributed by atoms with E-state index in [-0.39, 0.29) is 0 Å². The normalized spacial score (nSPS) is 21.8. The number of quaternary nitrogens is 1.